The van der Waals surface area contributed by atoms with Gasteiger partial charge in [0.15, 0.2) is 5.82 Å². The number of nitrogens with zero attached hydrogens (tertiary/aromatic N) is 3. The van der Waals surface area contributed by atoms with Crippen LogP contribution in [0.3, 0.4) is 0 Å². The van der Waals surface area contributed by atoms with Crippen LogP contribution in [0.2, 0.25) is 0 Å². The van der Waals surface area contributed by atoms with Crippen molar-refractivity contribution in [3.05, 3.63) is 35.7 Å². The number of hydrogen-bond acceptors (Lipinski definition) is 4. The highest BCUT2D eigenvalue weighted by atomic mass is 15.0. The smallest absolute Gasteiger partial charge is 0.180 e. The van der Waals surface area contributed by atoms with Crippen LogP contribution in [0.4, 0.5) is 5.82 Å². The largest absolute Gasteiger partial charge is 0.384 e. The summed E-state index contributed by atoms with van der Waals surface area (Å²) in [7, 11) is 0. The maximum Gasteiger partial charge on any atom is 0.180 e. The highest BCUT2D eigenvalue weighted by Gasteiger charge is 2.08. The second-order valence-electron chi connectivity index (χ2n) is 4.03. The zero-order valence-corrected chi connectivity index (χ0v) is 10.1. The minimum atomic E-state index is 0.503. The van der Waals surface area contributed by atoms with E-state index in [0.717, 1.165) is 29.8 Å². The number of aromatic nitrogens is 3. The molecule has 2 aromatic rings. The third kappa shape index (κ3) is 2.58. The van der Waals surface area contributed by atoms with Gasteiger partial charge in [0.2, 0.25) is 0 Å². The van der Waals surface area contributed by atoms with Crippen LogP contribution in [0.1, 0.15) is 24.6 Å². The van der Waals surface area contributed by atoms with Crippen molar-refractivity contribution < 1.29 is 0 Å². The first-order chi connectivity index (χ1) is 8.20. The molecule has 2 aromatic heterocycles. The van der Waals surface area contributed by atoms with E-state index in [1.807, 2.05) is 25.1 Å². The van der Waals surface area contributed by atoms with Crippen molar-refractivity contribution >= 4 is 5.82 Å². The van der Waals surface area contributed by atoms with Gasteiger partial charge in [-0.3, -0.25) is 4.98 Å². The predicted molar refractivity (Wildman–Crippen MR) is 68.4 cm³/mol. The van der Waals surface area contributed by atoms with Gasteiger partial charge in [-0.2, -0.15) is 0 Å². The van der Waals surface area contributed by atoms with E-state index < -0.39 is 0 Å². The molecule has 2 N–H and O–H groups in total. The molecule has 0 unspecified atom stereocenters. The van der Waals surface area contributed by atoms with E-state index in [9.17, 15) is 0 Å². The molecule has 0 aliphatic heterocycles. The van der Waals surface area contributed by atoms with Crippen molar-refractivity contribution in [1.29, 1.82) is 0 Å². The van der Waals surface area contributed by atoms with E-state index in [2.05, 4.69) is 21.9 Å². The highest BCUT2D eigenvalue weighted by molar-refractivity contribution is 5.56. The number of pyridine rings is 1. The molecule has 0 amide bonds. The zero-order valence-electron chi connectivity index (χ0n) is 10.1. The predicted octanol–water partition coefficient (Wildman–Crippen LogP) is 2.38. The summed E-state index contributed by atoms with van der Waals surface area (Å²) < 4.78 is 0. The average Bonchev–Trinajstić information content (AvgIpc) is 2.29. The van der Waals surface area contributed by atoms with Crippen LogP contribution in [0.5, 0.6) is 0 Å². The van der Waals surface area contributed by atoms with Crippen LogP contribution < -0.4 is 5.73 Å². The SMILES string of the molecule is CCCc1cc(N)nc(-c2ncccc2C)n1. The molecule has 2 heterocycles. The summed E-state index contributed by atoms with van der Waals surface area (Å²) in [5.41, 5.74) is 8.63. The molecule has 0 bridgehead atoms. The van der Waals surface area contributed by atoms with E-state index in [1.165, 1.54) is 0 Å². The van der Waals surface area contributed by atoms with Gasteiger partial charge in [0.05, 0.1) is 0 Å². The van der Waals surface area contributed by atoms with Crippen molar-refractivity contribution in [2.75, 3.05) is 5.73 Å². The summed E-state index contributed by atoms with van der Waals surface area (Å²) in [5.74, 6) is 1.12. The summed E-state index contributed by atoms with van der Waals surface area (Å²) in [4.78, 5) is 13.1. The zero-order chi connectivity index (χ0) is 12.3. The molecule has 88 valence electrons. The average molecular weight is 228 g/mol. The number of nitrogen functional groups attached to an aromatic ring is 1. The van der Waals surface area contributed by atoms with Gasteiger partial charge in [-0.25, -0.2) is 9.97 Å². The lowest BCUT2D eigenvalue weighted by Gasteiger charge is -2.06. The molecule has 17 heavy (non-hydrogen) atoms. The van der Waals surface area contributed by atoms with Gasteiger partial charge in [0, 0.05) is 18.0 Å². The lowest BCUT2D eigenvalue weighted by Crippen LogP contribution is -2.02. The lowest BCUT2D eigenvalue weighted by atomic mass is 10.2. The Balaban J connectivity index is 2.48. The Bertz CT molecular complexity index is 523. The van der Waals surface area contributed by atoms with E-state index in [1.54, 1.807) is 6.20 Å². The minimum absolute atomic E-state index is 0.503. The minimum Gasteiger partial charge on any atom is -0.384 e. The fourth-order valence-corrected chi connectivity index (χ4v) is 1.73. The lowest BCUT2D eigenvalue weighted by molar-refractivity contribution is 0.875. The molecule has 2 rings (SSSR count). The van der Waals surface area contributed by atoms with Crippen LogP contribution in [-0.4, -0.2) is 15.0 Å². The van der Waals surface area contributed by atoms with E-state index >= 15 is 0 Å². The second kappa shape index (κ2) is 4.91. The quantitative estimate of drug-likeness (QED) is 0.876. The Morgan fingerprint density at radius 1 is 1.29 bits per heavy atom. The van der Waals surface area contributed by atoms with Gasteiger partial charge in [-0.15, -0.1) is 0 Å². The van der Waals surface area contributed by atoms with Gasteiger partial charge in [0.1, 0.15) is 11.5 Å². The van der Waals surface area contributed by atoms with Gasteiger partial charge in [0.25, 0.3) is 0 Å². The van der Waals surface area contributed by atoms with Crippen LogP contribution >= 0.6 is 0 Å². The first-order valence-corrected chi connectivity index (χ1v) is 5.76. The molecule has 0 spiro atoms. The third-order valence-electron chi connectivity index (χ3n) is 2.53. The number of nitrogens with two attached hydrogens (primary N) is 1. The monoisotopic (exact) mass is 228 g/mol. The van der Waals surface area contributed by atoms with Gasteiger partial charge in [-0.1, -0.05) is 19.4 Å². The fourth-order valence-electron chi connectivity index (χ4n) is 1.73. The molecule has 4 nitrogen and oxygen atoms in total. The van der Waals surface area contributed by atoms with Crippen molar-refractivity contribution in [2.24, 2.45) is 0 Å². The molecule has 0 aromatic carbocycles. The number of rotatable bonds is 3. The van der Waals surface area contributed by atoms with E-state index in [0.29, 0.717) is 11.6 Å². The van der Waals surface area contributed by atoms with E-state index in [-0.39, 0.29) is 0 Å². The molecule has 0 atom stereocenters. The first kappa shape index (κ1) is 11.5. The number of anilines is 1. The van der Waals surface area contributed by atoms with Crippen molar-refractivity contribution in [3.8, 4) is 11.5 Å². The first-order valence-electron chi connectivity index (χ1n) is 5.76. The molecular formula is C13H16N4. The summed E-state index contributed by atoms with van der Waals surface area (Å²) in [5, 5.41) is 0. The Morgan fingerprint density at radius 2 is 2.12 bits per heavy atom. The molecular weight excluding hydrogens is 212 g/mol. The number of hydrogen-bond donors (Lipinski definition) is 1. The topological polar surface area (TPSA) is 64.7 Å². The van der Waals surface area contributed by atoms with Crippen molar-refractivity contribution in [2.45, 2.75) is 26.7 Å². The molecule has 0 fully saturated rings. The maximum atomic E-state index is 5.80. The normalized spacial score (nSPS) is 10.5. The van der Waals surface area contributed by atoms with Gasteiger partial charge in [-0.05, 0) is 25.0 Å². The Hall–Kier alpha value is -1.97. The van der Waals surface area contributed by atoms with Crippen molar-refractivity contribution in [1.82, 2.24) is 15.0 Å². The summed E-state index contributed by atoms with van der Waals surface area (Å²) in [6.07, 6.45) is 3.69. The molecule has 0 aliphatic carbocycles. The van der Waals surface area contributed by atoms with Crippen LogP contribution in [0.15, 0.2) is 24.4 Å². The maximum absolute atomic E-state index is 5.80. The van der Waals surface area contributed by atoms with Crippen molar-refractivity contribution in [3.63, 3.8) is 0 Å². The molecule has 4 heteroatoms. The fraction of sp³-hybridized carbons (Fsp3) is 0.308. The van der Waals surface area contributed by atoms with Crippen LogP contribution in [0, 0.1) is 6.92 Å². The van der Waals surface area contributed by atoms with Crippen LogP contribution in [-0.2, 0) is 6.42 Å². The standard InChI is InChI=1S/C13H16N4/c1-3-5-10-8-11(14)17-13(16-10)12-9(2)6-4-7-15-12/h4,6-8H,3,5H2,1-2H3,(H2,14,16,17). The van der Waals surface area contributed by atoms with Crippen LogP contribution in [0.25, 0.3) is 11.5 Å². The van der Waals surface area contributed by atoms with E-state index in [4.69, 9.17) is 5.73 Å². The Labute approximate surface area is 101 Å². The van der Waals surface area contributed by atoms with Gasteiger partial charge >= 0.3 is 0 Å². The molecule has 0 radical (unpaired) electrons. The third-order valence-corrected chi connectivity index (χ3v) is 2.53. The molecule has 0 aliphatic rings. The molecule has 0 saturated heterocycles. The highest BCUT2D eigenvalue weighted by Crippen LogP contribution is 2.18. The second-order valence-corrected chi connectivity index (χ2v) is 4.03. The number of aryl methyl sites for hydroxylation is 2. The van der Waals surface area contributed by atoms with Gasteiger partial charge < -0.3 is 5.73 Å². The molecule has 0 saturated carbocycles. The Morgan fingerprint density at radius 3 is 2.82 bits per heavy atom. The summed E-state index contributed by atoms with van der Waals surface area (Å²) in [6.45, 7) is 4.11. The Kier molecular flexibility index (Phi) is 3.32. The summed E-state index contributed by atoms with van der Waals surface area (Å²) in [6, 6.07) is 5.72. The summed E-state index contributed by atoms with van der Waals surface area (Å²) >= 11 is 0.